The van der Waals surface area contributed by atoms with E-state index in [0.29, 0.717) is 18.3 Å². The van der Waals surface area contributed by atoms with Crippen LogP contribution in [0.5, 0.6) is 11.5 Å². The van der Waals surface area contributed by atoms with Gasteiger partial charge >= 0.3 is 16.5 Å². The molecule has 0 bridgehead atoms. The standard InChI is InChI=1S/C23H28F3NO6S/c1-12(28)27-34(30,31)33-19-7-13-3-4-17-15(16(13)9-18(19)32-11-23(24,25)26)5-6-21(2)20(29)8-14-10-22(14,17)21/h7,9,14-15,17,20,29H,3-6,8,10-11H2,1-2H3,(H,27,28)/t14?,15?,17?,20-,21+,22?/m0/s1. The number of rotatable bonds is 5. The summed E-state index contributed by atoms with van der Waals surface area (Å²) in [5.74, 6) is -0.702. The van der Waals surface area contributed by atoms with E-state index in [-0.39, 0.29) is 34.4 Å². The second-order valence-electron chi connectivity index (χ2n) is 10.5. The average molecular weight is 504 g/mol. The van der Waals surface area contributed by atoms with Crippen molar-refractivity contribution in [1.29, 1.82) is 0 Å². The quantitative estimate of drug-likeness (QED) is 0.637. The first-order chi connectivity index (χ1) is 15.8. The zero-order chi connectivity index (χ0) is 24.7. The van der Waals surface area contributed by atoms with Crippen molar-refractivity contribution in [3.8, 4) is 11.5 Å². The average Bonchev–Trinajstić information content (AvgIpc) is 3.36. The lowest BCUT2D eigenvalue weighted by Crippen LogP contribution is -2.47. The van der Waals surface area contributed by atoms with Gasteiger partial charge in [0, 0.05) is 6.92 Å². The molecule has 1 aromatic rings. The predicted octanol–water partition coefficient (Wildman–Crippen LogP) is 3.60. The van der Waals surface area contributed by atoms with E-state index in [4.69, 9.17) is 8.92 Å². The molecule has 5 rings (SSSR count). The van der Waals surface area contributed by atoms with Gasteiger partial charge in [-0.15, -0.1) is 0 Å². The molecule has 11 heteroatoms. The number of aliphatic hydroxyl groups excluding tert-OH is 1. The Morgan fingerprint density at radius 2 is 2.00 bits per heavy atom. The minimum Gasteiger partial charge on any atom is -0.480 e. The van der Waals surface area contributed by atoms with Crippen molar-refractivity contribution >= 4 is 16.2 Å². The fourth-order valence-electron chi connectivity index (χ4n) is 7.45. The number of ether oxygens (including phenoxy) is 1. The van der Waals surface area contributed by atoms with E-state index in [2.05, 4.69) is 6.92 Å². The van der Waals surface area contributed by atoms with Crippen LogP contribution in [0.2, 0.25) is 0 Å². The Labute approximate surface area is 196 Å². The number of halogens is 3. The molecule has 4 aliphatic carbocycles. The zero-order valence-electron chi connectivity index (χ0n) is 18.9. The highest BCUT2D eigenvalue weighted by Crippen LogP contribution is 2.81. The largest absolute Gasteiger partial charge is 0.480 e. The zero-order valence-corrected chi connectivity index (χ0v) is 19.8. The Balaban J connectivity index is 1.51. The topological polar surface area (TPSA) is 102 Å². The molecule has 2 N–H and O–H groups in total. The number of aryl methyl sites for hydroxylation is 1. The van der Waals surface area contributed by atoms with Gasteiger partial charge in [-0.25, -0.2) is 4.72 Å². The minimum absolute atomic E-state index is 0.0595. The summed E-state index contributed by atoms with van der Waals surface area (Å²) in [4.78, 5) is 11.2. The lowest BCUT2D eigenvalue weighted by Gasteiger charge is -2.52. The normalized spacial score (nSPS) is 35.9. The molecule has 34 heavy (non-hydrogen) atoms. The lowest BCUT2D eigenvalue weighted by molar-refractivity contribution is -0.153. The van der Waals surface area contributed by atoms with Crippen molar-refractivity contribution in [3.63, 3.8) is 0 Å². The van der Waals surface area contributed by atoms with Gasteiger partial charge in [-0.2, -0.15) is 21.6 Å². The van der Waals surface area contributed by atoms with Crippen molar-refractivity contribution in [1.82, 2.24) is 4.72 Å². The highest BCUT2D eigenvalue weighted by Gasteiger charge is 2.76. The third kappa shape index (κ3) is 3.66. The van der Waals surface area contributed by atoms with E-state index in [1.807, 2.05) is 0 Å². The Kier molecular flexibility index (Phi) is 5.23. The van der Waals surface area contributed by atoms with Crippen LogP contribution in [0.25, 0.3) is 0 Å². The van der Waals surface area contributed by atoms with E-state index >= 15 is 0 Å². The molecule has 0 heterocycles. The summed E-state index contributed by atoms with van der Waals surface area (Å²) in [5.41, 5.74) is 1.59. The maximum Gasteiger partial charge on any atom is 0.422 e. The fraction of sp³-hybridized carbons (Fsp3) is 0.696. The second kappa shape index (κ2) is 7.49. The Morgan fingerprint density at radius 1 is 1.26 bits per heavy atom. The van der Waals surface area contributed by atoms with E-state index in [0.717, 1.165) is 50.2 Å². The van der Waals surface area contributed by atoms with Gasteiger partial charge in [-0.05, 0) is 90.4 Å². The van der Waals surface area contributed by atoms with Gasteiger partial charge in [0.15, 0.2) is 18.1 Å². The van der Waals surface area contributed by atoms with Crippen LogP contribution in [0.15, 0.2) is 12.1 Å². The molecule has 0 radical (unpaired) electrons. The number of carbonyl (C=O) groups is 1. The van der Waals surface area contributed by atoms with Crippen LogP contribution in [0.3, 0.4) is 0 Å². The molecular formula is C23H28F3NO6S. The number of amides is 1. The van der Waals surface area contributed by atoms with Crippen molar-refractivity contribution in [2.75, 3.05) is 6.61 Å². The number of benzene rings is 1. The molecule has 1 amide bonds. The molecule has 188 valence electrons. The van der Waals surface area contributed by atoms with Crippen LogP contribution in [0, 0.1) is 22.7 Å². The molecule has 1 spiro atoms. The summed E-state index contributed by atoms with van der Waals surface area (Å²) in [7, 11) is -4.58. The summed E-state index contributed by atoms with van der Waals surface area (Å²) in [6.45, 7) is 1.56. The number of aliphatic hydroxyl groups is 1. The molecule has 0 aliphatic heterocycles. The van der Waals surface area contributed by atoms with Gasteiger partial charge in [0.25, 0.3) is 0 Å². The first-order valence-corrected chi connectivity index (χ1v) is 12.9. The number of hydrogen-bond donors (Lipinski definition) is 2. The van der Waals surface area contributed by atoms with Crippen LogP contribution in [0.4, 0.5) is 13.2 Å². The van der Waals surface area contributed by atoms with Crippen molar-refractivity contribution in [2.24, 2.45) is 22.7 Å². The number of fused-ring (bicyclic) bond motifs is 3. The van der Waals surface area contributed by atoms with Gasteiger partial charge < -0.3 is 14.0 Å². The van der Waals surface area contributed by atoms with Crippen LogP contribution in [-0.2, 0) is 21.5 Å². The Hall–Kier alpha value is -2.01. The van der Waals surface area contributed by atoms with Crippen molar-refractivity contribution in [2.45, 2.75) is 70.6 Å². The van der Waals surface area contributed by atoms with Crippen LogP contribution < -0.4 is 13.6 Å². The SMILES string of the molecule is CC(=O)NS(=O)(=O)Oc1cc2c(cc1OCC(F)(F)F)C1CC[C@]3(C)[C@@H](O)CC4CC43C1CC2. The Bertz CT molecular complexity index is 1140. The summed E-state index contributed by atoms with van der Waals surface area (Å²) in [5, 5.41) is 10.7. The third-order valence-electron chi connectivity index (χ3n) is 8.77. The molecule has 0 aromatic heterocycles. The van der Waals surface area contributed by atoms with Crippen LogP contribution in [0.1, 0.15) is 63.0 Å². The first kappa shape index (κ1) is 23.7. The molecule has 4 unspecified atom stereocenters. The summed E-state index contributed by atoms with van der Waals surface area (Å²) >= 11 is 0. The monoisotopic (exact) mass is 503 g/mol. The predicted molar refractivity (Wildman–Crippen MR) is 114 cm³/mol. The number of hydrogen-bond acceptors (Lipinski definition) is 6. The highest BCUT2D eigenvalue weighted by atomic mass is 32.2. The van der Waals surface area contributed by atoms with Crippen molar-refractivity contribution in [3.05, 3.63) is 23.3 Å². The summed E-state index contributed by atoms with van der Waals surface area (Å²) in [6, 6.07) is 2.91. The third-order valence-corrected chi connectivity index (χ3v) is 9.71. The summed E-state index contributed by atoms with van der Waals surface area (Å²) < 4.78 is 74.6. The molecule has 0 saturated heterocycles. The minimum atomic E-state index is -4.63. The van der Waals surface area contributed by atoms with E-state index in [1.165, 1.54) is 12.1 Å². The van der Waals surface area contributed by atoms with Crippen LogP contribution >= 0.6 is 0 Å². The maximum absolute atomic E-state index is 12.9. The van der Waals surface area contributed by atoms with Crippen LogP contribution in [-0.4, -0.2) is 38.3 Å². The van der Waals surface area contributed by atoms with Gasteiger partial charge in [-0.3, -0.25) is 4.79 Å². The van der Waals surface area contributed by atoms with Gasteiger partial charge in [0.1, 0.15) is 0 Å². The summed E-state index contributed by atoms with van der Waals surface area (Å²) in [6.07, 6.45) is 0.0325. The van der Waals surface area contributed by atoms with E-state index in [1.54, 1.807) is 4.72 Å². The maximum atomic E-state index is 12.9. The second-order valence-corrected chi connectivity index (χ2v) is 11.8. The molecule has 7 nitrogen and oxygen atoms in total. The number of carbonyl (C=O) groups excluding carboxylic acids is 1. The molecule has 3 saturated carbocycles. The lowest BCUT2D eigenvalue weighted by atomic mass is 9.52. The molecular weight excluding hydrogens is 475 g/mol. The van der Waals surface area contributed by atoms with E-state index < -0.39 is 29.0 Å². The molecule has 3 fully saturated rings. The number of alkyl halides is 3. The number of nitrogens with one attached hydrogen (secondary N) is 1. The molecule has 6 atom stereocenters. The van der Waals surface area contributed by atoms with Gasteiger partial charge in [0.05, 0.1) is 6.10 Å². The smallest absolute Gasteiger partial charge is 0.422 e. The van der Waals surface area contributed by atoms with Gasteiger partial charge in [0.2, 0.25) is 5.91 Å². The Morgan fingerprint density at radius 3 is 2.68 bits per heavy atom. The van der Waals surface area contributed by atoms with E-state index in [9.17, 15) is 31.5 Å². The first-order valence-electron chi connectivity index (χ1n) is 11.5. The molecule has 1 aromatic carbocycles. The fourth-order valence-corrected chi connectivity index (χ4v) is 8.21. The highest BCUT2D eigenvalue weighted by molar-refractivity contribution is 7.85. The van der Waals surface area contributed by atoms with Crippen molar-refractivity contribution < 1.29 is 40.4 Å². The molecule has 4 aliphatic rings. The van der Waals surface area contributed by atoms with Gasteiger partial charge in [-0.1, -0.05) is 6.92 Å².